The van der Waals surface area contributed by atoms with Crippen LogP contribution in [0.3, 0.4) is 0 Å². The monoisotopic (exact) mass is 481 g/mol. The van der Waals surface area contributed by atoms with E-state index in [9.17, 15) is 14.9 Å². The number of hydrogen-bond acceptors (Lipinski definition) is 6. The smallest absolute Gasteiger partial charge is 0.319 e. The second-order valence-electron chi connectivity index (χ2n) is 7.19. The molecule has 0 amide bonds. The minimum atomic E-state index is -0.427. The van der Waals surface area contributed by atoms with Crippen molar-refractivity contribution in [1.29, 1.82) is 0 Å². The van der Waals surface area contributed by atoms with Crippen LogP contribution < -0.4 is 5.32 Å². The van der Waals surface area contributed by atoms with E-state index in [0.717, 1.165) is 26.9 Å². The van der Waals surface area contributed by atoms with E-state index in [1.54, 1.807) is 12.1 Å². The number of nitrogens with one attached hydrogen (secondary N) is 1. The molecule has 7 nitrogen and oxygen atoms in total. The van der Waals surface area contributed by atoms with Crippen LogP contribution in [0.25, 0.3) is 0 Å². The lowest BCUT2D eigenvalue weighted by Crippen LogP contribution is -2.44. The van der Waals surface area contributed by atoms with Crippen LogP contribution in [0.15, 0.2) is 77.3 Å². The van der Waals surface area contributed by atoms with Crippen LogP contribution >= 0.6 is 15.9 Å². The molecule has 1 aliphatic rings. The number of fused-ring (bicyclic) bond motifs is 1. The van der Waals surface area contributed by atoms with Crippen LogP contribution in [0.5, 0.6) is 0 Å². The number of nitro groups is 1. The molecule has 1 aliphatic heterocycles. The third-order valence-corrected chi connectivity index (χ3v) is 5.83. The molecule has 8 heteroatoms. The quantitative estimate of drug-likeness (QED) is 0.312. The number of rotatable bonds is 5. The SMILES string of the molecule is COC(=O)CN1[C@@H](c2ccccc2)c2cc(Br)ccc2N[C@H]1c1ccc([N+](=O)[O-])cc1. The van der Waals surface area contributed by atoms with Crippen LogP contribution in [-0.4, -0.2) is 29.4 Å². The largest absolute Gasteiger partial charge is 0.468 e. The normalized spacial score (nSPS) is 18.0. The van der Waals surface area contributed by atoms with Gasteiger partial charge >= 0.3 is 5.97 Å². The van der Waals surface area contributed by atoms with Crippen molar-refractivity contribution in [3.05, 3.63) is 104 Å². The van der Waals surface area contributed by atoms with Crippen LogP contribution in [0, 0.1) is 10.1 Å². The number of halogens is 1. The number of carbonyl (C=O) groups is 1. The van der Waals surface area contributed by atoms with Crippen molar-refractivity contribution in [2.75, 3.05) is 19.0 Å². The van der Waals surface area contributed by atoms with Crippen molar-refractivity contribution < 1.29 is 14.5 Å². The molecule has 0 aromatic heterocycles. The molecule has 2 atom stereocenters. The first-order valence-corrected chi connectivity index (χ1v) is 10.4. The van der Waals surface area contributed by atoms with E-state index in [4.69, 9.17) is 4.74 Å². The molecule has 31 heavy (non-hydrogen) atoms. The topological polar surface area (TPSA) is 84.7 Å². The molecule has 1 heterocycles. The zero-order chi connectivity index (χ0) is 22.0. The summed E-state index contributed by atoms with van der Waals surface area (Å²) in [7, 11) is 1.36. The molecule has 0 aliphatic carbocycles. The Hall–Kier alpha value is -3.23. The molecule has 158 valence electrons. The lowest BCUT2D eigenvalue weighted by molar-refractivity contribution is -0.384. The fourth-order valence-electron chi connectivity index (χ4n) is 3.90. The number of methoxy groups -OCH3 is 1. The molecular weight excluding hydrogens is 462 g/mol. The molecule has 3 aromatic rings. The first-order chi connectivity index (χ1) is 15.0. The first kappa shape index (κ1) is 21.0. The number of nitro benzene ring substituents is 1. The highest BCUT2D eigenvalue weighted by Crippen LogP contribution is 2.44. The highest BCUT2D eigenvalue weighted by atomic mass is 79.9. The van der Waals surface area contributed by atoms with Gasteiger partial charge in [0, 0.05) is 22.3 Å². The summed E-state index contributed by atoms with van der Waals surface area (Å²) in [5.41, 5.74) is 3.80. The fraction of sp³-hybridized carbons (Fsp3) is 0.174. The number of hydrogen-bond donors (Lipinski definition) is 1. The van der Waals surface area contributed by atoms with Gasteiger partial charge in [0.1, 0.15) is 6.17 Å². The average Bonchev–Trinajstić information content (AvgIpc) is 2.79. The maximum atomic E-state index is 12.4. The Morgan fingerprint density at radius 1 is 1.10 bits per heavy atom. The Balaban J connectivity index is 1.86. The standard InChI is InChI=1S/C23H20BrN3O4/c1-31-21(28)14-26-22(15-5-3-2-4-6-15)19-13-17(24)9-12-20(19)25-23(26)16-7-10-18(11-8-16)27(29)30/h2-13,22-23,25H,14H2,1H3/t22-,23+/m0/s1. The van der Waals surface area contributed by atoms with Gasteiger partial charge < -0.3 is 10.1 Å². The minimum absolute atomic E-state index is 0.0167. The van der Waals surface area contributed by atoms with E-state index in [1.165, 1.54) is 19.2 Å². The Labute approximate surface area is 187 Å². The molecule has 0 saturated heterocycles. The lowest BCUT2D eigenvalue weighted by atomic mass is 9.91. The molecule has 0 unspecified atom stereocenters. The molecule has 0 fully saturated rings. The van der Waals surface area contributed by atoms with Crippen molar-refractivity contribution in [3.63, 3.8) is 0 Å². The van der Waals surface area contributed by atoms with Crippen LogP contribution in [-0.2, 0) is 9.53 Å². The van der Waals surface area contributed by atoms with Crippen molar-refractivity contribution >= 4 is 33.3 Å². The number of benzene rings is 3. The molecule has 1 N–H and O–H groups in total. The Kier molecular flexibility index (Phi) is 6.01. The minimum Gasteiger partial charge on any atom is -0.468 e. The number of ether oxygens (including phenoxy) is 1. The highest BCUT2D eigenvalue weighted by molar-refractivity contribution is 9.10. The van der Waals surface area contributed by atoms with Gasteiger partial charge in [0.25, 0.3) is 5.69 Å². The molecule has 0 spiro atoms. The van der Waals surface area contributed by atoms with Gasteiger partial charge in [-0.15, -0.1) is 0 Å². The number of non-ortho nitro benzene ring substituents is 1. The predicted molar refractivity (Wildman–Crippen MR) is 121 cm³/mol. The van der Waals surface area contributed by atoms with Gasteiger partial charge in [0.05, 0.1) is 24.6 Å². The van der Waals surface area contributed by atoms with E-state index in [0.29, 0.717) is 0 Å². The number of esters is 1. The predicted octanol–water partition coefficient (Wildman–Crippen LogP) is 5.05. The van der Waals surface area contributed by atoms with Gasteiger partial charge in [-0.25, -0.2) is 0 Å². The second kappa shape index (κ2) is 8.87. The zero-order valence-corrected chi connectivity index (χ0v) is 18.3. The summed E-state index contributed by atoms with van der Waals surface area (Å²) in [6.45, 7) is 0.0384. The molecule has 4 rings (SSSR count). The molecule has 0 bridgehead atoms. The number of anilines is 1. The summed E-state index contributed by atoms with van der Waals surface area (Å²) in [5, 5.41) is 14.6. The Morgan fingerprint density at radius 2 is 1.81 bits per heavy atom. The Morgan fingerprint density at radius 3 is 2.45 bits per heavy atom. The van der Waals surface area contributed by atoms with E-state index in [2.05, 4.69) is 21.2 Å². The molecular formula is C23H20BrN3O4. The summed E-state index contributed by atoms with van der Waals surface area (Å²) in [5.74, 6) is -0.368. The van der Waals surface area contributed by atoms with Gasteiger partial charge in [0.2, 0.25) is 0 Å². The van der Waals surface area contributed by atoms with Crippen molar-refractivity contribution in [2.24, 2.45) is 0 Å². The fourth-order valence-corrected chi connectivity index (χ4v) is 4.28. The van der Waals surface area contributed by atoms with E-state index in [1.807, 2.05) is 53.4 Å². The summed E-state index contributed by atoms with van der Waals surface area (Å²) >= 11 is 3.55. The van der Waals surface area contributed by atoms with Gasteiger partial charge in [-0.1, -0.05) is 46.3 Å². The van der Waals surface area contributed by atoms with Gasteiger partial charge in [-0.3, -0.25) is 19.8 Å². The van der Waals surface area contributed by atoms with Crippen molar-refractivity contribution in [1.82, 2.24) is 4.90 Å². The van der Waals surface area contributed by atoms with Gasteiger partial charge in [-0.05, 0) is 47.0 Å². The van der Waals surface area contributed by atoms with Gasteiger partial charge in [0.15, 0.2) is 0 Å². The maximum absolute atomic E-state index is 12.4. The number of carbonyl (C=O) groups excluding carboxylic acids is 1. The highest BCUT2D eigenvalue weighted by Gasteiger charge is 2.37. The summed E-state index contributed by atoms with van der Waals surface area (Å²) < 4.78 is 5.91. The van der Waals surface area contributed by atoms with E-state index >= 15 is 0 Å². The van der Waals surface area contributed by atoms with Crippen LogP contribution in [0.1, 0.15) is 28.9 Å². The van der Waals surface area contributed by atoms with Crippen LogP contribution in [0.2, 0.25) is 0 Å². The summed E-state index contributed by atoms with van der Waals surface area (Å²) in [6.07, 6.45) is -0.390. The number of nitrogens with zero attached hydrogens (tertiary/aromatic N) is 2. The van der Waals surface area contributed by atoms with Crippen molar-refractivity contribution in [2.45, 2.75) is 12.2 Å². The maximum Gasteiger partial charge on any atom is 0.319 e. The second-order valence-corrected chi connectivity index (χ2v) is 8.10. The Bertz CT molecular complexity index is 1110. The first-order valence-electron chi connectivity index (χ1n) is 9.66. The van der Waals surface area contributed by atoms with E-state index < -0.39 is 11.1 Å². The molecule has 0 saturated carbocycles. The summed E-state index contributed by atoms with van der Waals surface area (Å²) in [4.78, 5) is 25.0. The molecule has 3 aromatic carbocycles. The molecule has 0 radical (unpaired) electrons. The third-order valence-electron chi connectivity index (χ3n) is 5.34. The zero-order valence-electron chi connectivity index (χ0n) is 16.7. The van der Waals surface area contributed by atoms with Crippen molar-refractivity contribution in [3.8, 4) is 0 Å². The van der Waals surface area contributed by atoms with Crippen LogP contribution in [0.4, 0.5) is 11.4 Å². The lowest BCUT2D eigenvalue weighted by Gasteiger charge is -2.44. The summed E-state index contributed by atoms with van der Waals surface area (Å²) in [6, 6.07) is 22.1. The third kappa shape index (κ3) is 4.30. The van der Waals surface area contributed by atoms with E-state index in [-0.39, 0.29) is 24.2 Å². The average molecular weight is 482 g/mol. The van der Waals surface area contributed by atoms with Gasteiger partial charge in [-0.2, -0.15) is 0 Å².